The van der Waals surface area contributed by atoms with Gasteiger partial charge in [0.1, 0.15) is 6.29 Å². The van der Waals surface area contributed by atoms with Gasteiger partial charge >= 0.3 is 6.09 Å². The lowest BCUT2D eigenvalue weighted by Crippen LogP contribution is -2.54. The Labute approximate surface area is 228 Å². The lowest BCUT2D eigenvalue weighted by Gasteiger charge is -2.42. The molecule has 1 aromatic rings. The molecular formula is C30H48N4O4. The minimum Gasteiger partial charge on any atom is -0.465 e. The van der Waals surface area contributed by atoms with Gasteiger partial charge in [-0.2, -0.15) is 0 Å². The van der Waals surface area contributed by atoms with Crippen molar-refractivity contribution in [2.75, 3.05) is 33.2 Å². The number of rotatable bonds is 12. The molecule has 4 atom stereocenters. The van der Waals surface area contributed by atoms with Crippen molar-refractivity contribution in [3.63, 3.8) is 0 Å². The van der Waals surface area contributed by atoms with Gasteiger partial charge in [0.25, 0.3) is 0 Å². The molecule has 0 radical (unpaired) electrons. The SMILES string of the molecule is CCC(C(C)N(C(=O)O)C(C)c1ccccc1)N(C)[C@H](C=O)CCC(=O)N1CCN(C2CCCCC2)CC1. The molecular weight excluding hydrogens is 480 g/mol. The van der Waals surface area contributed by atoms with Gasteiger partial charge in [0.05, 0.1) is 12.1 Å². The van der Waals surface area contributed by atoms with Crippen LogP contribution in [0.5, 0.6) is 0 Å². The van der Waals surface area contributed by atoms with Gasteiger partial charge in [-0.05, 0) is 52.1 Å². The van der Waals surface area contributed by atoms with Crippen molar-refractivity contribution in [2.24, 2.45) is 0 Å². The van der Waals surface area contributed by atoms with E-state index in [1.165, 1.54) is 37.0 Å². The second kappa shape index (κ2) is 14.6. The molecule has 2 amide bonds. The number of piperazine rings is 1. The first-order valence-electron chi connectivity index (χ1n) is 14.5. The van der Waals surface area contributed by atoms with Crippen LogP contribution in [0.1, 0.15) is 83.7 Å². The van der Waals surface area contributed by atoms with Crippen molar-refractivity contribution in [1.29, 1.82) is 0 Å². The maximum absolute atomic E-state index is 13.0. The molecule has 38 heavy (non-hydrogen) atoms. The average molecular weight is 529 g/mol. The first kappa shape index (κ1) is 30.1. The first-order chi connectivity index (χ1) is 18.3. The highest BCUT2D eigenvalue weighted by Gasteiger charge is 2.35. The Kier molecular flexibility index (Phi) is 11.6. The summed E-state index contributed by atoms with van der Waals surface area (Å²) in [6.45, 7) is 9.23. The minimum atomic E-state index is -0.981. The quantitative estimate of drug-likeness (QED) is 0.398. The summed E-state index contributed by atoms with van der Waals surface area (Å²) in [5.74, 6) is 0.111. The second-order valence-electron chi connectivity index (χ2n) is 11.1. The molecule has 8 nitrogen and oxygen atoms in total. The standard InChI is InChI=1S/C30H48N4O4/c1-5-28(24(3)34(30(37)38)23(2)25-12-8-6-9-13-25)31(4)27(22-35)16-17-29(36)33-20-18-32(19-21-33)26-14-10-7-11-15-26/h6,8-9,12-13,22-24,26-28H,5,7,10-11,14-21H2,1-4H3,(H,37,38)/t23?,24?,27-,28?/m0/s1. The fourth-order valence-electron chi connectivity index (χ4n) is 6.57. The van der Waals surface area contributed by atoms with E-state index in [-0.39, 0.29) is 24.0 Å². The number of carboxylic acid groups (broad SMARTS) is 1. The summed E-state index contributed by atoms with van der Waals surface area (Å²) in [5.41, 5.74) is 0.931. The predicted octanol–water partition coefficient (Wildman–Crippen LogP) is 4.65. The molecule has 1 heterocycles. The van der Waals surface area contributed by atoms with Crippen LogP contribution in [0.2, 0.25) is 0 Å². The van der Waals surface area contributed by atoms with Crippen LogP contribution in [0.3, 0.4) is 0 Å². The lowest BCUT2D eigenvalue weighted by molar-refractivity contribution is -0.134. The Bertz CT molecular complexity index is 883. The fraction of sp³-hybridized carbons (Fsp3) is 0.700. The third kappa shape index (κ3) is 7.56. The Morgan fingerprint density at radius 2 is 1.68 bits per heavy atom. The van der Waals surface area contributed by atoms with Crippen molar-refractivity contribution in [1.82, 2.24) is 19.6 Å². The monoisotopic (exact) mass is 528 g/mol. The number of aldehydes is 1. The van der Waals surface area contributed by atoms with Gasteiger partial charge in [-0.25, -0.2) is 4.79 Å². The van der Waals surface area contributed by atoms with Gasteiger partial charge in [0, 0.05) is 50.7 Å². The van der Waals surface area contributed by atoms with Gasteiger partial charge in [0.2, 0.25) is 5.91 Å². The van der Waals surface area contributed by atoms with Crippen LogP contribution in [0.15, 0.2) is 30.3 Å². The maximum atomic E-state index is 13.0. The molecule has 2 aliphatic rings. The number of likely N-dealkylation sites (N-methyl/N-ethyl adjacent to an activating group) is 1. The molecule has 0 bridgehead atoms. The Hall–Kier alpha value is -2.45. The summed E-state index contributed by atoms with van der Waals surface area (Å²) in [6, 6.07) is 9.01. The van der Waals surface area contributed by atoms with E-state index in [2.05, 4.69) is 4.90 Å². The highest BCUT2D eigenvalue weighted by atomic mass is 16.4. The normalized spacial score (nSPS) is 20.5. The first-order valence-corrected chi connectivity index (χ1v) is 14.5. The fourth-order valence-corrected chi connectivity index (χ4v) is 6.57. The zero-order valence-corrected chi connectivity index (χ0v) is 23.8. The van der Waals surface area contributed by atoms with Crippen LogP contribution in [-0.4, -0.2) is 100 Å². The van der Waals surface area contributed by atoms with Gasteiger partial charge in [0.15, 0.2) is 0 Å². The van der Waals surface area contributed by atoms with Crippen molar-refractivity contribution >= 4 is 18.3 Å². The summed E-state index contributed by atoms with van der Waals surface area (Å²) in [6.07, 6.45) is 7.92. The molecule has 1 aliphatic heterocycles. The highest BCUT2D eigenvalue weighted by Crippen LogP contribution is 2.27. The molecule has 3 unspecified atom stereocenters. The minimum absolute atomic E-state index is 0.111. The molecule has 3 rings (SSSR count). The molecule has 1 saturated carbocycles. The topological polar surface area (TPSA) is 84.4 Å². The smallest absolute Gasteiger partial charge is 0.408 e. The van der Waals surface area contributed by atoms with Crippen molar-refractivity contribution in [3.05, 3.63) is 35.9 Å². The van der Waals surface area contributed by atoms with E-state index in [0.29, 0.717) is 25.3 Å². The molecule has 8 heteroatoms. The maximum Gasteiger partial charge on any atom is 0.408 e. The van der Waals surface area contributed by atoms with Crippen LogP contribution in [-0.2, 0) is 9.59 Å². The summed E-state index contributed by atoms with van der Waals surface area (Å²) in [7, 11) is 1.88. The zero-order valence-electron chi connectivity index (χ0n) is 23.8. The summed E-state index contributed by atoms with van der Waals surface area (Å²) < 4.78 is 0. The third-order valence-electron chi connectivity index (χ3n) is 8.95. The van der Waals surface area contributed by atoms with E-state index < -0.39 is 12.1 Å². The second-order valence-corrected chi connectivity index (χ2v) is 11.1. The van der Waals surface area contributed by atoms with E-state index in [4.69, 9.17) is 0 Å². The number of amides is 2. The van der Waals surface area contributed by atoms with Gasteiger partial charge in [-0.3, -0.25) is 19.5 Å². The van der Waals surface area contributed by atoms with Gasteiger partial charge in [-0.15, -0.1) is 0 Å². The number of carbonyl (C=O) groups is 3. The van der Waals surface area contributed by atoms with Crippen molar-refractivity contribution in [2.45, 2.75) is 102 Å². The average Bonchev–Trinajstić information content (AvgIpc) is 2.94. The molecule has 1 N–H and O–H groups in total. The van der Waals surface area contributed by atoms with E-state index >= 15 is 0 Å². The third-order valence-corrected chi connectivity index (χ3v) is 8.95. The number of nitrogens with zero attached hydrogens (tertiary/aromatic N) is 4. The highest BCUT2D eigenvalue weighted by molar-refractivity contribution is 5.77. The van der Waals surface area contributed by atoms with Crippen molar-refractivity contribution < 1.29 is 19.5 Å². The van der Waals surface area contributed by atoms with E-state index in [1.54, 1.807) is 0 Å². The molecule has 212 valence electrons. The largest absolute Gasteiger partial charge is 0.465 e. The van der Waals surface area contributed by atoms with Gasteiger partial charge in [-0.1, -0.05) is 56.5 Å². The summed E-state index contributed by atoms with van der Waals surface area (Å²) in [5, 5.41) is 10.1. The van der Waals surface area contributed by atoms with Gasteiger partial charge < -0.3 is 14.8 Å². The molecule has 1 saturated heterocycles. The number of hydrogen-bond donors (Lipinski definition) is 1. The van der Waals surface area contributed by atoms with E-state index in [9.17, 15) is 19.5 Å². The number of hydrogen-bond acceptors (Lipinski definition) is 5. The Morgan fingerprint density at radius 3 is 2.24 bits per heavy atom. The Morgan fingerprint density at radius 1 is 1.05 bits per heavy atom. The van der Waals surface area contributed by atoms with Crippen molar-refractivity contribution in [3.8, 4) is 0 Å². The Balaban J connectivity index is 1.56. The molecule has 1 aromatic carbocycles. The number of carbonyl (C=O) groups excluding carboxylic acids is 2. The molecule has 0 aromatic heterocycles. The lowest BCUT2D eigenvalue weighted by atomic mass is 9.94. The van der Waals surface area contributed by atoms with E-state index in [1.807, 2.05) is 68.0 Å². The van der Waals surface area contributed by atoms with Crippen LogP contribution < -0.4 is 0 Å². The molecule has 2 fully saturated rings. The predicted molar refractivity (Wildman–Crippen MR) is 150 cm³/mol. The van der Waals surface area contributed by atoms with Crippen LogP contribution in [0.4, 0.5) is 4.79 Å². The van der Waals surface area contributed by atoms with Crippen LogP contribution in [0.25, 0.3) is 0 Å². The van der Waals surface area contributed by atoms with E-state index in [0.717, 1.165) is 38.0 Å². The summed E-state index contributed by atoms with van der Waals surface area (Å²) >= 11 is 0. The molecule has 0 spiro atoms. The molecule has 1 aliphatic carbocycles. The van der Waals surface area contributed by atoms with Crippen LogP contribution >= 0.6 is 0 Å². The zero-order chi connectivity index (χ0) is 27.7. The summed E-state index contributed by atoms with van der Waals surface area (Å²) in [4.78, 5) is 45.5. The number of benzene rings is 1. The van der Waals surface area contributed by atoms with Crippen LogP contribution in [0, 0.1) is 0 Å².